The molecule has 1 aromatic heterocycles. The molecule has 0 unspecified atom stereocenters. The van der Waals surface area contributed by atoms with E-state index in [2.05, 4.69) is 39.6 Å². The number of anilines is 1. The van der Waals surface area contributed by atoms with Crippen LogP contribution in [0.2, 0.25) is 0 Å². The van der Waals surface area contributed by atoms with Crippen LogP contribution < -0.4 is 10.6 Å². The highest BCUT2D eigenvalue weighted by Gasteiger charge is 2.13. The number of aromatic nitrogens is 1. The molecule has 5 nitrogen and oxygen atoms in total. The molecular weight excluding hydrogens is 454 g/mol. The van der Waals surface area contributed by atoms with Crippen molar-refractivity contribution in [3.05, 3.63) is 94.7 Å². The molecule has 6 heteroatoms. The van der Waals surface area contributed by atoms with Crippen molar-refractivity contribution < 1.29 is 9.59 Å². The molecule has 4 aromatic rings. The normalized spacial score (nSPS) is 11.0. The number of nitrogens with zero attached hydrogens (tertiary/aromatic N) is 1. The van der Waals surface area contributed by atoms with E-state index in [1.54, 1.807) is 0 Å². The molecule has 3 aromatic carbocycles. The summed E-state index contributed by atoms with van der Waals surface area (Å²) in [6.07, 6.45) is 2.07. The Labute approximate surface area is 210 Å². The van der Waals surface area contributed by atoms with Gasteiger partial charge in [-0.1, -0.05) is 47.5 Å². The zero-order chi connectivity index (χ0) is 24.9. The van der Waals surface area contributed by atoms with Gasteiger partial charge in [0.15, 0.2) is 0 Å². The minimum Gasteiger partial charge on any atom is -0.350 e. The maximum absolute atomic E-state index is 12.6. The summed E-state index contributed by atoms with van der Waals surface area (Å²) in [6, 6.07) is 20.0. The fourth-order valence-electron chi connectivity index (χ4n) is 4.23. The van der Waals surface area contributed by atoms with Crippen molar-refractivity contribution >= 4 is 40.2 Å². The quantitative estimate of drug-likeness (QED) is 0.299. The monoisotopic (exact) mass is 485 g/mol. The number of carbonyl (C=O) groups excluding carboxylic acids is 2. The smallest absolute Gasteiger partial charge is 0.251 e. The Bertz CT molecular complexity index is 1370. The number of fused-ring (bicyclic) bond motifs is 1. The van der Waals surface area contributed by atoms with Gasteiger partial charge in [-0.3, -0.25) is 9.59 Å². The predicted molar refractivity (Wildman–Crippen MR) is 145 cm³/mol. The van der Waals surface area contributed by atoms with Gasteiger partial charge in [-0.2, -0.15) is 0 Å². The summed E-state index contributed by atoms with van der Waals surface area (Å²) < 4.78 is 2.14. The second-order valence-corrected chi connectivity index (χ2v) is 9.94. The van der Waals surface area contributed by atoms with E-state index in [-0.39, 0.29) is 11.8 Å². The Balaban J connectivity index is 1.40. The number of thioether (sulfide) groups is 1. The summed E-state index contributed by atoms with van der Waals surface area (Å²) in [5, 5.41) is 7.17. The molecule has 0 saturated carbocycles. The summed E-state index contributed by atoms with van der Waals surface area (Å²) in [5.74, 6) is 0.234. The van der Waals surface area contributed by atoms with Gasteiger partial charge in [0, 0.05) is 46.3 Å². The zero-order valence-corrected chi connectivity index (χ0v) is 21.5. The first-order chi connectivity index (χ1) is 16.8. The third kappa shape index (κ3) is 5.95. The number of hydrogen-bond donors (Lipinski definition) is 2. The molecule has 4 rings (SSSR count). The molecule has 0 aliphatic carbocycles. The van der Waals surface area contributed by atoms with E-state index in [4.69, 9.17) is 0 Å². The van der Waals surface area contributed by atoms with Gasteiger partial charge >= 0.3 is 0 Å². The van der Waals surface area contributed by atoms with Crippen LogP contribution in [-0.2, 0) is 11.3 Å². The van der Waals surface area contributed by atoms with Gasteiger partial charge in [0.1, 0.15) is 0 Å². The van der Waals surface area contributed by atoms with Crippen molar-refractivity contribution in [1.29, 1.82) is 0 Å². The number of aryl methyl sites for hydroxylation is 3. The molecule has 2 N–H and O–H groups in total. The molecule has 1 heterocycles. The summed E-state index contributed by atoms with van der Waals surface area (Å²) >= 11 is 1.53. The maximum Gasteiger partial charge on any atom is 0.251 e. The van der Waals surface area contributed by atoms with Crippen LogP contribution in [0.15, 0.2) is 71.8 Å². The fraction of sp³-hybridized carbons (Fsp3) is 0.241. The van der Waals surface area contributed by atoms with Gasteiger partial charge in [-0.15, -0.1) is 11.8 Å². The molecule has 0 fully saturated rings. The number of para-hydroxylation sites is 1. The second kappa shape index (κ2) is 10.8. The van der Waals surface area contributed by atoms with E-state index in [1.165, 1.54) is 11.8 Å². The molecule has 2 amide bonds. The SMILES string of the molecule is Cc1cc(C)cc(C(=O)NCCn2cc(SCC(=O)Nc3cccc(C)c3C)c3ccccc32)c1. The number of nitrogens with one attached hydrogen (secondary N) is 2. The Morgan fingerprint density at radius 2 is 1.66 bits per heavy atom. The summed E-state index contributed by atoms with van der Waals surface area (Å²) in [4.78, 5) is 26.3. The summed E-state index contributed by atoms with van der Waals surface area (Å²) in [5.41, 5.74) is 7.03. The van der Waals surface area contributed by atoms with Crippen molar-refractivity contribution in [1.82, 2.24) is 9.88 Å². The first-order valence-electron chi connectivity index (χ1n) is 11.7. The van der Waals surface area contributed by atoms with E-state index in [0.717, 1.165) is 43.7 Å². The number of benzene rings is 3. The third-order valence-electron chi connectivity index (χ3n) is 6.11. The standard InChI is InChI=1S/C29H31N3O2S/c1-19-14-20(2)16-23(15-19)29(34)30-12-13-32-17-27(24-9-5-6-11-26(24)32)35-18-28(33)31-25-10-7-8-21(3)22(25)4/h5-11,14-17H,12-13,18H2,1-4H3,(H,30,34)(H,31,33). The van der Waals surface area contributed by atoms with Gasteiger partial charge in [0.05, 0.1) is 5.75 Å². The van der Waals surface area contributed by atoms with Crippen LogP contribution >= 0.6 is 11.8 Å². The van der Waals surface area contributed by atoms with Gasteiger partial charge < -0.3 is 15.2 Å². The van der Waals surface area contributed by atoms with E-state index >= 15 is 0 Å². The molecule has 0 spiro atoms. The van der Waals surface area contributed by atoms with Crippen molar-refractivity contribution in [2.24, 2.45) is 0 Å². The summed E-state index contributed by atoms with van der Waals surface area (Å²) in [6.45, 7) is 9.21. The van der Waals surface area contributed by atoms with E-state index in [1.807, 2.05) is 70.2 Å². The lowest BCUT2D eigenvalue weighted by molar-refractivity contribution is -0.113. The van der Waals surface area contributed by atoms with E-state index in [0.29, 0.717) is 24.4 Å². The lowest BCUT2D eigenvalue weighted by Crippen LogP contribution is -2.27. The maximum atomic E-state index is 12.6. The average Bonchev–Trinajstić information content (AvgIpc) is 3.18. The van der Waals surface area contributed by atoms with Crippen LogP contribution in [0, 0.1) is 27.7 Å². The lowest BCUT2D eigenvalue weighted by Gasteiger charge is -2.10. The minimum atomic E-state index is -0.0639. The van der Waals surface area contributed by atoms with Crippen LogP contribution in [0.4, 0.5) is 5.69 Å². The number of carbonyl (C=O) groups is 2. The van der Waals surface area contributed by atoms with Crippen LogP contribution in [0.3, 0.4) is 0 Å². The van der Waals surface area contributed by atoms with Crippen molar-refractivity contribution in [3.8, 4) is 0 Å². The Morgan fingerprint density at radius 3 is 2.43 bits per heavy atom. The molecule has 0 atom stereocenters. The molecule has 0 saturated heterocycles. The molecular formula is C29H31N3O2S. The molecule has 35 heavy (non-hydrogen) atoms. The van der Waals surface area contributed by atoms with Crippen LogP contribution in [-0.4, -0.2) is 28.7 Å². The van der Waals surface area contributed by atoms with Gasteiger partial charge in [0.25, 0.3) is 5.91 Å². The molecule has 0 aliphatic rings. The van der Waals surface area contributed by atoms with Gasteiger partial charge in [-0.05, 0) is 63.1 Å². The average molecular weight is 486 g/mol. The first kappa shape index (κ1) is 24.6. The highest BCUT2D eigenvalue weighted by molar-refractivity contribution is 8.00. The van der Waals surface area contributed by atoms with E-state index in [9.17, 15) is 9.59 Å². The van der Waals surface area contributed by atoms with E-state index < -0.39 is 0 Å². The highest BCUT2D eigenvalue weighted by Crippen LogP contribution is 2.30. The van der Waals surface area contributed by atoms with Gasteiger partial charge in [-0.25, -0.2) is 0 Å². The van der Waals surface area contributed by atoms with Crippen LogP contribution in [0.1, 0.15) is 32.6 Å². The van der Waals surface area contributed by atoms with Crippen molar-refractivity contribution in [2.75, 3.05) is 17.6 Å². The largest absolute Gasteiger partial charge is 0.350 e. The highest BCUT2D eigenvalue weighted by atomic mass is 32.2. The number of hydrogen-bond acceptors (Lipinski definition) is 3. The Hall–Kier alpha value is -3.51. The van der Waals surface area contributed by atoms with Crippen molar-refractivity contribution in [2.45, 2.75) is 39.1 Å². The topological polar surface area (TPSA) is 63.1 Å². The summed E-state index contributed by atoms with van der Waals surface area (Å²) in [7, 11) is 0. The number of amides is 2. The number of rotatable bonds is 8. The van der Waals surface area contributed by atoms with Gasteiger partial charge in [0.2, 0.25) is 5.91 Å². The lowest BCUT2D eigenvalue weighted by atomic mass is 10.1. The van der Waals surface area contributed by atoms with Crippen LogP contribution in [0.25, 0.3) is 10.9 Å². The molecule has 0 bridgehead atoms. The molecule has 0 aliphatic heterocycles. The molecule has 180 valence electrons. The van der Waals surface area contributed by atoms with Crippen LogP contribution in [0.5, 0.6) is 0 Å². The zero-order valence-electron chi connectivity index (χ0n) is 20.6. The third-order valence-corrected chi connectivity index (χ3v) is 7.15. The van der Waals surface area contributed by atoms with Crippen molar-refractivity contribution in [3.63, 3.8) is 0 Å². The first-order valence-corrected chi connectivity index (χ1v) is 12.7. The molecule has 0 radical (unpaired) electrons. The minimum absolute atomic E-state index is 0.0266. The fourth-order valence-corrected chi connectivity index (χ4v) is 5.12. The Kier molecular flexibility index (Phi) is 7.61. The predicted octanol–water partition coefficient (Wildman–Crippen LogP) is 6.04. The Morgan fingerprint density at radius 1 is 0.914 bits per heavy atom. The second-order valence-electron chi connectivity index (χ2n) is 8.92.